The number of anilines is 1. The van der Waals surface area contributed by atoms with Crippen molar-refractivity contribution in [3.63, 3.8) is 0 Å². The fraction of sp³-hybridized carbons (Fsp3) is 0.550. The van der Waals surface area contributed by atoms with E-state index in [1.54, 1.807) is 6.92 Å². The number of hydrogen-bond donors (Lipinski definition) is 8. The number of aromatic nitrogens is 6. The predicted molar refractivity (Wildman–Crippen MR) is 126 cm³/mol. The quantitative estimate of drug-likeness (QED) is 0.152. The molecule has 0 aromatic carbocycles. The third kappa shape index (κ3) is 5.13. The molecule has 0 aliphatic carbocycles. The summed E-state index contributed by atoms with van der Waals surface area (Å²) in [6.45, 7) is 0.855. The second-order valence-corrected chi connectivity index (χ2v) is 8.90. The summed E-state index contributed by atoms with van der Waals surface area (Å²) < 4.78 is 13.5. The zero-order valence-electron chi connectivity index (χ0n) is 19.4. The van der Waals surface area contributed by atoms with E-state index in [0.29, 0.717) is 17.0 Å². The third-order valence-corrected chi connectivity index (χ3v) is 6.23. The predicted octanol–water partition coefficient (Wildman–Crippen LogP) is -3.15. The number of imidazole rings is 1. The number of H-pyrrole nitrogens is 1. The van der Waals surface area contributed by atoms with Gasteiger partial charge in [0.15, 0.2) is 23.9 Å². The summed E-state index contributed by atoms with van der Waals surface area (Å²) in [6.07, 6.45) is -5.81. The summed E-state index contributed by atoms with van der Waals surface area (Å²) in [5, 5.41) is 57.1. The summed E-state index contributed by atoms with van der Waals surface area (Å²) in [4.78, 5) is 26.3. The van der Waals surface area contributed by atoms with Crippen molar-refractivity contribution in [2.75, 3.05) is 18.9 Å². The molecule has 37 heavy (non-hydrogen) atoms. The standard InChI is InChI=1S/C11H15N5O4.C9H12N2O5S/c1-4-14-9(12)6-10(15-4)16(3-13-6)11-8(19)7(18)5(2-17)20-11;12-3-4-6(13)7(14)8(16-4)11-2-1-5(17)10-9(11)15/h3,5,7-8,11,17-19H,2H2,1H3,(H2,12,14,15);1-2,4,6-8,12-14H,3H2,(H,10,15,17)/t5-,7-,8-,11-;4-,6-,7-,8-/m11/s1. The van der Waals surface area contributed by atoms with Gasteiger partial charge in [-0.05, 0) is 13.0 Å². The van der Waals surface area contributed by atoms with Gasteiger partial charge in [-0.3, -0.25) is 14.1 Å². The number of ether oxygens (including phenoxy) is 2. The zero-order chi connectivity index (χ0) is 27.0. The van der Waals surface area contributed by atoms with Crippen molar-refractivity contribution in [3.05, 3.63) is 39.5 Å². The molecule has 0 amide bonds. The lowest BCUT2D eigenvalue weighted by Gasteiger charge is -2.16. The van der Waals surface area contributed by atoms with Crippen LogP contribution in [0.5, 0.6) is 0 Å². The van der Waals surface area contributed by atoms with E-state index < -0.39 is 68.0 Å². The molecule has 5 heterocycles. The van der Waals surface area contributed by atoms with Crippen LogP contribution in [0.25, 0.3) is 11.2 Å². The molecule has 16 nitrogen and oxygen atoms in total. The van der Waals surface area contributed by atoms with Crippen LogP contribution in [0.4, 0.5) is 5.82 Å². The molecule has 202 valence electrons. The molecule has 3 aromatic rings. The van der Waals surface area contributed by atoms with E-state index in [1.165, 1.54) is 23.2 Å². The van der Waals surface area contributed by atoms with Crippen molar-refractivity contribution in [3.8, 4) is 0 Å². The maximum absolute atomic E-state index is 11.6. The maximum Gasteiger partial charge on any atom is 0.328 e. The van der Waals surface area contributed by atoms with Crippen LogP contribution in [-0.4, -0.2) is 110 Å². The first kappa shape index (κ1) is 27.2. The van der Waals surface area contributed by atoms with Gasteiger partial charge in [0, 0.05) is 6.20 Å². The molecule has 0 radical (unpaired) electrons. The maximum atomic E-state index is 11.6. The number of aliphatic hydroxyl groups excluding tert-OH is 6. The monoisotopic (exact) mass is 541 g/mol. The van der Waals surface area contributed by atoms with E-state index in [-0.39, 0.29) is 10.5 Å². The molecule has 0 bridgehead atoms. The molecule has 17 heteroatoms. The minimum Gasteiger partial charge on any atom is -0.394 e. The number of fused-ring (bicyclic) bond motifs is 1. The lowest BCUT2D eigenvalue weighted by molar-refractivity contribution is -0.0550. The number of aryl methyl sites for hydroxylation is 1. The highest BCUT2D eigenvalue weighted by Crippen LogP contribution is 2.32. The van der Waals surface area contributed by atoms with Gasteiger partial charge in [-0.2, -0.15) is 0 Å². The van der Waals surface area contributed by atoms with Crippen LogP contribution in [-0.2, 0) is 9.47 Å². The number of aliphatic hydroxyl groups is 6. The van der Waals surface area contributed by atoms with Crippen LogP contribution in [0.2, 0.25) is 0 Å². The van der Waals surface area contributed by atoms with Crippen LogP contribution in [0.3, 0.4) is 0 Å². The van der Waals surface area contributed by atoms with Crippen LogP contribution in [0.1, 0.15) is 18.3 Å². The fourth-order valence-electron chi connectivity index (χ4n) is 4.09. The van der Waals surface area contributed by atoms with E-state index >= 15 is 0 Å². The number of nitrogens with two attached hydrogens (primary N) is 1. The van der Waals surface area contributed by atoms with Gasteiger partial charge in [0.2, 0.25) is 0 Å². The lowest BCUT2D eigenvalue weighted by Crippen LogP contribution is -2.35. The first-order valence-corrected chi connectivity index (χ1v) is 11.5. The van der Waals surface area contributed by atoms with Gasteiger partial charge in [0.25, 0.3) is 0 Å². The Morgan fingerprint density at radius 3 is 2.08 bits per heavy atom. The molecule has 2 fully saturated rings. The Balaban J connectivity index is 0.000000176. The topological polar surface area (TPSA) is 247 Å². The Hall–Kier alpha value is -2.87. The highest BCUT2D eigenvalue weighted by Gasteiger charge is 2.44. The van der Waals surface area contributed by atoms with E-state index in [9.17, 15) is 25.2 Å². The Bertz CT molecular complexity index is 1360. The van der Waals surface area contributed by atoms with Crippen molar-refractivity contribution in [2.45, 2.75) is 56.0 Å². The lowest BCUT2D eigenvalue weighted by atomic mass is 10.1. The second kappa shape index (κ2) is 10.9. The van der Waals surface area contributed by atoms with Gasteiger partial charge in [-0.1, -0.05) is 12.2 Å². The summed E-state index contributed by atoms with van der Waals surface area (Å²) in [6, 6.07) is 1.46. The molecule has 3 aromatic heterocycles. The Morgan fingerprint density at radius 2 is 1.57 bits per heavy atom. The number of nitrogens with zero attached hydrogens (tertiary/aromatic N) is 5. The Labute approximate surface area is 213 Å². The molecule has 2 saturated heterocycles. The summed E-state index contributed by atoms with van der Waals surface area (Å²) >= 11 is 4.77. The Kier molecular flexibility index (Phi) is 7.97. The average Bonchev–Trinajstić information content (AvgIpc) is 3.49. The van der Waals surface area contributed by atoms with Gasteiger partial charge in [-0.25, -0.2) is 19.7 Å². The molecule has 8 atom stereocenters. The SMILES string of the molecule is Cc1nc(N)c2ncn([C@@H]3O[C@H](CO)[C@@H](O)[C@H]3O)c2n1.O=c1[nH]c(=S)ccn1[C@@H]1O[C@H](CO)[C@@H](O)[C@H]1O. The minimum absolute atomic E-state index is 0.234. The molecular weight excluding hydrogens is 514 g/mol. The third-order valence-electron chi connectivity index (χ3n) is 5.99. The van der Waals surface area contributed by atoms with E-state index in [4.69, 9.17) is 37.6 Å². The van der Waals surface area contributed by atoms with Crippen molar-refractivity contribution in [1.29, 1.82) is 0 Å². The van der Waals surface area contributed by atoms with Crippen LogP contribution < -0.4 is 11.4 Å². The molecular formula is C20H27N7O9S. The van der Waals surface area contributed by atoms with E-state index in [1.807, 2.05) is 0 Å². The Morgan fingerprint density at radius 1 is 1.00 bits per heavy atom. The van der Waals surface area contributed by atoms with Crippen LogP contribution in [0.15, 0.2) is 23.4 Å². The van der Waals surface area contributed by atoms with Gasteiger partial charge >= 0.3 is 5.69 Å². The number of hydrogen-bond acceptors (Lipinski definition) is 14. The largest absolute Gasteiger partial charge is 0.394 e. The highest BCUT2D eigenvalue weighted by molar-refractivity contribution is 7.71. The number of rotatable bonds is 4. The fourth-order valence-corrected chi connectivity index (χ4v) is 4.23. The molecule has 5 rings (SSSR count). The van der Waals surface area contributed by atoms with Crippen LogP contribution >= 0.6 is 12.2 Å². The first-order valence-electron chi connectivity index (χ1n) is 11.1. The van der Waals surface area contributed by atoms with Gasteiger partial charge in [-0.15, -0.1) is 0 Å². The minimum atomic E-state index is -1.28. The summed E-state index contributed by atoms with van der Waals surface area (Å²) in [5.74, 6) is 0.696. The molecule has 2 aliphatic rings. The molecule has 0 spiro atoms. The van der Waals surface area contributed by atoms with E-state index in [2.05, 4.69) is 19.9 Å². The second-order valence-electron chi connectivity index (χ2n) is 8.46. The van der Waals surface area contributed by atoms with Crippen molar-refractivity contribution < 1.29 is 40.1 Å². The first-order chi connectivity index (χ1) is 17.6. The van der Waals surface area contributed by atoms with E-state index in [0.717, 1.165) is 4.57 Å². The number of aromatic amines is 1. The summed E-state index contributed by atoms with van der Waals surface area (Å²) in [7, 11) is 0. The van der Waals surface area contributed by atoms with Gasteiger partial charge in [0.1, 0.15) is 52.6 Å². The molecule has 0 saturated carbocycles. The van der Waals surface area contributed by atoms with Crippen molar-refractivity contribution in [2.24, 2.45) is 0 Å². The number of nitrogens with one attached hydrogen (secondary N) is 1. The normalized spacial score (nSPS) is 31.4. The molecule has 0 unspecified atom stereocenters. The van der Waals surface area contributed by atoms with Crippen molar-refractivity contribution in [1.82, 2.24) is 29.1 Å². The highest BCUT2D eigenvalue weighted by atomic mass is 32.1. The van der Waals surface area contributed by atoms with Crippen LogP contribution in [0, 0.1) is 11.6 Å². The summed E-state index contributed by atoms with van der Waals surface area (Å²) in [5.41, 5.74) is 6.02. The number of nitrogen functional groups attached to an aromatic ring is 1. The van der Waals surface area contributed by atoms with Crippen molar-refractivity contribution >= 4 is 29.2 Å². The van der Waals surface area contributed by atoms with Gasteiger partial charge < -0.3 is 45.8 Å². The molecule has 9 N–H and O–H groups in total. The zero-order valence-corrected chi connectivity index (χ0v) is 20.2. The molecule has 2 aliphatic heterocycles. The average molecular weight is 542 g/mol. The smallest absolute Gasteiger partial charge is 0.328 e. The van der Waals surface area contributed by atoms with Gasteiger partial charge in [0.05, 0.1) is 19.5 Å².